The summed E-state index contributed by atoms with van der Waals surface area (Å²) >= 11 is 6.37. The van der Waals surface area contributed by atoms with E-state index >= 15 is 0 Å². The number of aryl methyl sites for hydroxylation is 1. The lowest BCUT2D eigenvalue weighted by Gasteiger charge is -2.13. The summed E-state index contributed by atoms with van der Waals surface area (Å²) in [4.78, 5) is 28.7. The van der Waals surface area contributed by atoms with Crippen LogP contribution in [0.5, 0.6) is 0 Å². The summed E-state index contributed by atoms with van der Waals surface area (Å²) in [5, 5.41) is 14.4. The van der Waals surface area contributed by atoms with Gasteiger partial charge < -0.3 is 18.8 Å². The number of imidazole rings is 1. The summed E-state index contributed by atoms with van der Waals surface area (Å²) in [5.41, 5.74) is 3.80. The fourth-order valence-electron chi connectivity index (χ4n) is 3.89. The van der Waals surface area contributed by atoms with Crippen LogP contribution in [0.25, 0.3) is 22.5 Å². The van der Waals surface area contributed by atoms with Gasteiger partial charge in [0.15, 0.2) is 10.8 Å². The minimum atomic E-state index is -0.926. The van der Waals surface area contributed by atoms with Crippen LogP contribution in [-0.4, -0.2) is 55.7 Å². The number of aromatic amines is 1. The van der Waals surface area contributed by atoms with Gasteiger partial charge in [-0.2, -0.15) is 5.21 Å². The number of esters is 1. The molecule has 0 aliphatic carbocycles. The molecule has 2 aromatic carbocycles. The Morgan fingerprint density at radius 1 is 1.00 bits per heavy atom. The molecule has 0 amide bonds. The number of benzene rings is 2. The van der Waals surface area contributed by atoms with Crippen molar-refractivity contribution in [2.24, 2.45) is 0 Å². The molecule has 0 aliphatic rings. The molecule has 11 nitrogen and oxygen atoms in total. The molecule has 2 heterocycles. The molecule has 0 spiro atoms. The van der Waals surface area contributed by atoms with Crippen LogP contribution in [0.1, 0.15) is 48.6 Å². The molecule has 0 saturated carbocycles. The lowest BCUT2D eigenvalue weighted by atomic mass is 9.98. The van der Waals surface area contributed by atoms with E-state index < -0.39 is 18.9 Å². The van der Waals surface area contributed by atoms with E-state index in [-0.39, 0.29) is 17.5 Å². The predicted octanol–water partition coefficient (Wildman–Crippen LogP) is 5.06. The van der Waals surface area contributed by atoms with E-state index in [0.717, 1.165) is 35.1 Å². The fourth-order valence-corrected chi connectivity index (χ4v) is 4.17. The van der Waals surface area contributed by atoms with Crippen molar-refractivity contribution >= 4 is 23.7 Å². The second-order valence-corrected chi connectivity index (χ2v) is 8.57. The Balaban J connectivity index is 1.57. The van der Waals surface area contributed by atoms with Crippen molar-refractivity contribution in [3.05, 3.63) is 70.8 Å². The van der Waals surface area contributed by atoms with Crippen LogP contribution in [0.4, 0.5) is 4.79 Å². The van der Waals surface area contributed by atoms with Crippen LogP contribution in [0.2, 0.25) is 5.15 Å². The van der Waals surface area contributed by atoms with E-state index in [2.05, 4.69) is 37.3 Å². The molecule has 12 heteroatoms. The molecule has 4 rings (SSSR count). The highest BCUT2D eigenvalue weighted by Crippen LogP contribution is 2.30. The maximum absolute atomic E-state index is 12.9. The molecule has 0 unspecified atom stereocenters. The lowest BCUT2D eigenvalue weighted by molar-refractivity contribution is -0.0267. The van der Waals surface area contributed by atoms with E-state index in [1.807, 2.05) is 48.5 Å². The summed E-state index contributed by atoms with van der Waals surface area (Å²) in [6.07, 6.45) is 1.54. The lowest BCUT2D eigenvalue weighted by Crippen LogP contribution is -2.18. The standard InChI is InChI=1S/C26H27ClN6O5/c1-3-5-10-21-28-23(27)22(25(34)37-16-38-26(35)36-4-2)33(21)15-17-11-13-18(14-12-17)19-8-6-7-9-20(19)24-29-31-32-30-24/h6-9,11-14H,3-5,10,15-16H2,1-2H3,(H,29,30,31,32). The maximum atomic E-state index is 12.9. The predicted molar refractivity (Wildman–Crippen MR) is 138 cm³/mol. The number of aromatic nitrogens is 6. The highest BCUT2D eigenvalue weighted by atomic mass is 35.5. The van der Waals surface area contributed by atoms with Crippen molar-refractivity contribution in [1.82, 2.24) is 30.2 Å². The van der Waals surface area contributed by atoms with E-state index in [4.69, 9.17) is 21.1 Å². The van der Waals surface area contributed by atoms with Crippen LogP contribution < -0.4 is 0 Å². The number of ether oxygens (including phenoxy) is 3. The zero-order valence-electron chi connectivity index (χ0n) is 21.0. The summed E-state index contributed by atoms with van der Waals surface area (Å²) in [7, 11) is 0. The minimum Gasteiger partial charge on any atom is -0.435 e. The second-order valence-electron chi connectivity index (χ2n) is 8.21. The van der Waals surface area contributed by atoms with E-state index in [1.165, 1.54) is 0 Å². The first-order valence-electron chi connectivity index (χ1n) is 12.2. The highest BCUT2D eigenvalue weighted by molar-refractivity contribution is 6.32. The number of tetrazole rings is 1. The quantitative estimate of drug-likeness (QED) is 0.205. The Bertz CT molecular complexity index is 1370. The first-order chi connectivity index (χ1) is 18.5. The highest BCUT2D eigenvalue weighted by Gasteiger charge is 2.24. The largest absolute Gasteiger partial charge is 0.511 e. The molecule has 38 heavy (non-hydrogen) atoms. The third-order valence-corrected chi connectivity index (χ3v) is 5.96. The number of carbonyl (C=O) groups excluding carboxylic acids is 2. The van der Waals surface area contributed by atoms with Gasteiger partial charge in [-0.15, -0.1) is 10.2 Å². The fraction of sp³-hybridized carbons (Fsp3) is 0.308. The number of H-pyrrole nitrogens is 1. The van der Waals surface area contributed by atoms with Gasteiger partial charge in [0.1, 0.15) is 5.82 Å². The second kappa shape index (κ2) is 12.8. The zero-order valence-corrected chi connectivity index (χ0v) is 21.8. The molecule has 0 fully saturated rings. The number of hydrogen-bond donors (Lipinski definition) is 1. The summed E-state index contributed by atoms with van der Waals surface area (Å²) < 4.78 is 16.3. The molecule has 0 aliphatic heterocycles. The normalized spacial score (nSPS) is 10.8. The van der Waals surface area contributed by atoms with E-state index in [1.54, 1.807) is 11.5 Å². The molecule has 0 bridgehead atoms. The number of nitrogens with zero attached hydrogens (tertiary/aromatic N) is 5. The van der Waals surface area contributed by atoms with Crippen molar-refractivity contribution in [1.29, 1.82) is 0 Å². The van der Waals surface area contributed by atoms with Gasteiger partial charge in [0.05, 0.1) is 6.61 Å². The number of carbonyl (C=O) groups is 2. The number of halogens is 1. The third-order valence-electron chi connectivity index (χ3n) is 5.70. The number of nitrogens with one attached hydrogen (secondary N) is 1. The molecule has 0 saturated heterocycles. The van der Waals surface area contributed by atoms with Gasteiger partial charge in [-0.1, -0.05) is 73.5 Å². The Kier molecular flexibility index (Phi) is 9.04. The minimum absolute atomic E-state index is 0.0305. The zero-order chi connectivity index (χ0) is 26.9. The van der Waals surface area contributed by atoms with Crippen molar-refractivity contribution in [2.75, 3.05) is 13.4 Å². The Morgan fingerprint density at radius 3 is 2.45 bits per heavy atom. The topological polar surface area (TPSA) is 134 Å². The molecule has 0 radical (unpaired) electrons. The van der Waals surface area contributed by atoms with Crippen molar-refractivity contribution in [2.45, 2.75) is 39.7 Å². The monoisotopic (exact) mass is 538 g/mol. The van der Waals surface area contributed by atoms with Crippen molar-refractivity contribution < 1.29 is 23.8 Å². The van der Waals surface area contributed by atoms with Gasteiger partial charge in [-0.05, 0) is 35.2 Å². The van der Waals surface area contributed by atoms with E-state index in [0.29, 0.717) is 24.6 Å². The van der Waals surface area contributed by atoms with Gasteiger partial charge >= 0.3 is 12.1 Å². The van der Waals surface area contributed by atoms with Gasteiger partial charge in [0.2, 0.25) is 12.6 Å². The van der Waals surface area contributed by atoms with E-state index in [9.17, 15) is 9.59 Å². The molecule has 2 aromatic heterocycles. The van der Waals surface area contributed by atoms with Crippen molar-refractivity contribution in [3.63, 3.8) is 0 Å². The first kappa shape index (κ1) is 26.8. The molecule has 0 atom stereocenters. The Hall–Kier alpha value is -4.25. The van der Waals surface area contributed by atoms with Crippen LogP contribution in [0.3, 0.4) is 0 Å². The van der Waals surface area contributed by atoms with Crippen LogP contribution in [-0.2, 0) is 27.2 Å². The first-order valence-corrected chi connectivity index (χ1v) is 12.5. The van der Waals surface area contributed by atoms with Gasteiger partial charge in [-0.3, -0.25) is 0 Å². The van der Waals surface area contributed by atoms with Crippen molar-refractivity contribution in [3.8, 4) is 22.5 Å². The summed E-state index contributed by atoms with van der Waals surface area (Å²) in [5.74, 6) is 0.426. The average Bonchev–Trinajstić information content (AvgIpc) is 3.56. The summed E-state index contributed by atoms with van der Waals surface area (Å²) in [6.45, 7) is 3.60. The molecule has 198 valence electrons. The Labute approximate surface area is 224 Å². The molecular weight excluding hydrogens is 512 g/mol. The number of hydrogen-bond acceptors (Lipinski definition) is 9. The van der Waals surface area contributed by atoms with Crippen LogP contribution >= 0.6 is 11.6 Å². The smallest absolute Gasteiger partial charge is 0.435 e. The van der Waals surface area contributed by atoms with Crippen LogP contribution in [0.15, 0.2) is 48.5 Å². The van der Waals surface area contributed by atoms with Crippen LogP contribution in [0, 0.1) is 0 Å². The third kappa shape index (κ3) is 6.35. The Morgan fingerprint density at radius 2 is 1.76 bits per heavy atom. The molecule has 1 N–H and O–H groups in total. The molecular formula is C26H27ClN6O5. The van der Waals surface area contributed by atoms with Gasteiger partial charge in [-0.25, -0.2) is 14.6 Å². The number of unbranched alkanes of at least 4 members (excludes halogenated alkanes) is 1. The molecule has 4 aromatic rings. The average molecular weight is 539 g/mol. The summed E-state index contributed by atoms with van der Waals surface area (Å²) in [6, 6.07) is 15.7. The van der Waals surface area contributed by atoms with Gasteiger partial charge in [0, 0.05) is 18.5 Å². The number of rotatable bonds is 11. The SMILES string of the molecule is CCCCc1nc(Cl)c(C(=O)OCOC(=O)OCC)n1Cc1ccc(-c2ccccc2-c2nn[nH]n2)cc1. The van der Waals surface area contributed by atoms with Gasteiger partial charge in [0.25, 0.3) is 0 Å². The maximum Gasteiger partial charge on any atom is 0.511 e.